The predicted octanol–water partition coefficient (Wildman–Crippen LogP) is 2.68. The van der Waals surface area contributed by atoms with Crippen molar-refractivity contribution < 1.29 is 4.42 Å². The number of hydrogen-bond acceptors (Lipinski definition) is 6. The number of aromatic nitrogens is 3. The van der Waals surface area contributed by atoms with Gasteiger partial charge in [-0.3, -0.25) is 0 Å². The average molecular weight is 283 g/mol. The first-order chi connectivity index (χ1) is 9.79. The van der Waals surface area contributed by atoms with E-state index in [0.29, 0.717) is 17.3 Å². The van der Waals surface area contributed by atoms with Gasteiger partial charge in [0, 0.05) is 4.90 Å². The fourth-order valence-electron chi connectivity index (χ4n) is 1.78. The molecule has 2 heterocycles. The number of nitrogen functional groups attached to an aromatic ring is 1. The average Bonchev–Trinajstić information content (AvgIpc) is 3.09. The van der Waals surface area contributed by atoms with E-state index in [2.05, 4.69) is 10.3 Å². The molecule has 0 amide bonds. The first-order valence-corrected chi connectivity index (χ1v) is 6.52. The lowest BCUT2D eigenvalue weighted by atomic mass is 10.3. The van der Waals surface area contributed by atoms with E-state index in [4.69, 9.17) is 15.4 Å². The Labute approximate surface area is 118 Å². The number of furan rings is 1. The van der Waals surface area contributed by atoms with Gasteiger partial charge in [-0.25, -0.2) is 0 Å². The molecule has 0 aliphatic rings. The quantitative estimate of drug-likeness (QED) is 0.586. The highest BCUT2D eigenvalue weighted by molar-refractivity contribution is 8.03. The Bertz CT molecular complexity index is 755. The predicted molar refractivity (Wildman–Crippen MR) is 74.9 cm³/mol. The lowest BCUT2D eigenvalue weighted by Gasteiger charge is -2.03. The molecule has 0 aliphatic heterocycles. The molecule has 0 unspecified atom stereocenters. The van der Waals surface area contributed by atoms with Gasteiger partial charge in [-0.1, -0.05) is 5.21 Å². The summed E-state index contributed by atoms with van der Waals surface area (Å²) in [5, 5.41) is 18.7. The van der Waals surface area contributed by atoms with Crippen LogP contribution in [0.3, 0.4) is 0 Å². The van der Waals surface area contributed by atoms with Crippen LogP contribution in [-0.4, -0.2) is 15.0 Å². The topological polar surface area (TPSA) is 93.7 Å². The van der Waals surface area contributed by atoms with Crippen molar-refractivity contribution in [1.29, 1.82) is 5.26 Å². The molecule has 7 heteroatoms. The Morgan fingerprint density at radius 3 is 2.70 bits per heavy atom. The summed E-state index contributed by atoms with van der Waals surface area (Å²) in [6.45, 7) is 0. The van der Waals surface area contributed by atoms with E-state index in [0.717, 1.165) is 22.3 Å². The van der Waals surface area contributed by atoms with Gasteiger partial charge in [0.15, 0.2) is 17.3 Å². The van der Waals surface area contributed by atoms with Crippen LogP contribution in [0.5, 0.6) is 0 Å². The van der Waals surface area contributed by atoms with Crippen LogP contribution in [-0.2, 0) is 0 Å². The highest BCUT2D eigenvalue weighted by Crippen LogP contribution is 2.26. The van der Waals surface area contributed by atoms with Gasteiger partial charge >= 0.3 is 0 Å². The van der Waals surface area contributed by atoms with E-state index in [1.807, 2.05) is 29.7 Å². The van der Waals surface area contributed by atoms with Gasteiger partial charge in [0.2, 0.25) is 0 Å². The van der Waals surface area contributed by atoms with Crippen molar-refractivity contribution >= 4 is 17.6 Å². The van der Waals surface area contributed by atoms with Gasteiger partial charge in [-0.2, -0.15) is 9.94 Å². The number of thiocyanates is 1. The maximum atomic E-state index is 8.61. The molecule has 0 atom stereocenters. The number of nitrogens with zero attached hydrogens (tertiary/aromatic N) is 4. The standard InChI is InChI=1S/C13H9N5OS/c14-8-20-10-5-3-9(4-6-10)18-13(15)12(16-17-18)11-2-1-7-19-11/h1-7H,15H2. The number of thioether (sulfide) groups is 1. The monoisotopic (exact) mass is 283 g/mol. The van der Waals surface area contributed by atoms with Crippen molar-refractivity contribution in [1.82, 2.24) is 15.0 Å². The number of nitriles is 1. The van der Waals surface area contributed by atoms with Crippen LogP contribution in [0, 0.1) is 10.7 Å². The number of anilines is 1. The summed E-state index contributed by atoms with van der Waals surface area (Å²) in [6.07, 6.45) is 1.56. The van der Waals surface area contributed by atoms with Crippen LogP contribution >= 0.6 is 11.8 Å². The molecule has 0 aliphatic carbocycles. The van der Waals surface area contributed by atoms with Crippen LogP contribution in [0.15, 0.2) is 52.0 Å². The minimum absolute atomic E-state index is 0.403. The molecule has 0 saturated carbocycles. The summed E-state index contributed by atoms with van der Waals surface area (Å²) in [5.41, 5.74) is 7.32. The summed E-state index contributed by atoms with van der Waals surface area (Å²) >= 11 is 1.10. The van der Waals surface area contributed by atoms with E-state index < -0.39 is 0 Å². The lowest BCUT2D eigenvalue weighted by Crippen LogP contribution is -2.02. The summed E-state index contributed by atoms with van der Waals surface area (Å²) in [5.74, 6) is 0.978. The highest BCUT2D eigenvalue weighted by Gasteiger charge is 2.14. The van der Waals surface area contributed by atoms with Crippen molar-refractivity contribution in [2.45, 2.75) is 4.90 Å². The smallest absolute Gasteiger partial charge is 0.172 e. The largest absolute Gasteiger partial charge is 0.463 e. The zero-order valence-corrected chi connectivity index (χ0v) is 11.0. The molecule has 0 spiro atoms. The fourth-order valence-corrected chi connectivity index (χ4v) is 2.15. The maximum absolute atomic E-state index is 8.61. The molecule has 20 heavy (non-hydrogen) atoms. The van der Waals surface area contributed by atoms with Crippen LogP contribution in [0.4, 0.5) is 5.82 Å². The third-order valence-corrected chi connectivity index (χ3v) is 3.30. The molecule has 1 aromatic carbocycles. The molecule has 2 aromatic heterocycles. The summed E-state index contributed by atoms with van der Waals surface area (Å²) in [7, 11) is 0. The zero-order valence-electron chi connectivity index (χ0n) is 10.2. The molecule has 0 bridgehead atoms. The third-order valence-electron chi connectivity index (χ3n) is 2.70. The second-order valence-electron chi connectivity index (χ2n) is 3.90. The SMILES string of the molecule is N#CSc1ccc(-n2nnc(-c3ccco3)c2N)cc1. The molecule has 3 rings (SSSR count). The van der Waals surface area contributed by atoms with Crippen LogP contribution in [0.1, 0.15) is 0 Å². The highest BCUT2D eigenvalue weighted by atomic mass is 32.2. The third kappa shape index (κ3) is 2.13. The normalized spacial score (nSPS) is 10.3. The molecule has 0 fully saturated rings. The maximum Gasteiger partial charge on any atom is 0.172 e. The fraction of sp³-hybridized carbons (Fsp3) is 0. The van der Waals surface area contributed by atoms with Crippen LogP contribution in [0.2, 0.25) is 0 Å². The van der Waals surface area contributed by atoms with E-state index in [9.17, 15) is 0 Å². The van der Waals surface area contributed by atoms with Crippen molar-refractivity contribution in [3.63, 3.8) is 0 Å². The van der Waals surface area contributed by atoms with Gasteiger partial charge in [0.1, 0.15) is 5.40 Å². The molecule has 0 saturated heterocycles. The van der Waals surface area contributed by atoms with Gasteiger partial charge in [0.25, 0.3) is 0 Å². The molecule has 98 valence electrons. The van der Waals surface area contributed by atoms with Crippen molar-refractivity contribution in [2.75, 3.05) is 5.73 Å². The van der Waals surface area contributed by atoms with Gasteiger partial charge < -0.3 is 10.2 Å². The van der Waals surface area contributed by atoms with Gasteiger partial charge in [0.05, 0.1) is 12.0 Å². The molecule has 6 nitrogen and oxygen atoms in total. The van der Waals surface area contributed by atoms with E-state index in [1.165, 1.54) is 4.68 Å². The molecule has 0 radical (unpaired) electrons. The minimum atomic E-state index is 0.403. The van der Waals surface area contributed by atoms with E-state index in [-0.39, 0.29) is 0 Å². The summed E-state index contributed by atoms with van der Waals surface area (Å²) < 4.78 is 6.79. The zero-order chi connectivity index (χ0) is 13.9. The summed E-state index contributed by atoms with van der Waals surface area (Å²) in [4.78, 5) is 0.862. The second-order valence-corrected chi connectivity index (χ2v) is 4.76. The summed E-state index contributed by atoms with van der Waals surface area (Å²) in [6, 6.07) is 10.9. The van der Waals surface area contributed by atoms with E-state index in [1.54, 1.807) is 18.4 Å². The Kier molecular flexibility index (Phi) is 3.15. The first-order valence-electron chi connectivity index (χ1n) is 5.71. The lowest BCUT2D eigenvalue weighted by molar-refractivity contribution is 0.580. The first kappa shape index (κ1) is 12.3. The number of rotatable bonds is 3. The number of nitrogens with two attached hydrogens (primary N) is 1. The van der Waals surface area contributed by atoms with Gasteiger partial charge in [-0.15, -0.1) is 5.10 Å². The second kappa shape index (κ2) is 5.11. The molecular weight excluding hydrogens is 274 g/mol. The van der Waals surface area contributed by atoms with Gasteiger partial charge in [-0.05, 0) is 48.2 Å². The molecule has 2 N–H and O–H groups in total. The van der Waals surface area contributed by atoms with Crippen molar-refractivity contribution in [3.05, 3.63) is 42.7 Å². The molecule has 3 aromatic rings. The van der Waals surface area contributed by atoms with Crippen molar-refractivity contribution in [2.24, 2.45) is 0 Å². The van der Waals surface area contributed by atoms with Crippen molar-refractivity contribution in [3.8, 4) is 22.5 Å². The molecular formula is C13H9N5OS. The number of benzene rings is 1. The van der Waals surface area contributed by atoms with E-state index >= 15 is 0 Å². The Balaban J connectivity index is 1.97. The Morgan fingerprint density at radius 2 is 2.05 bits per heavy atom. The minimum Gasteiger partial charge on any atom is -0.463 e. The van der Waals surface area contributed by atoms with Crippen LogP contribution in [0.25, 0.3) is 17.1 Å². The Morgan fingerprint density at radius 1 is 1.25 bits per heavy atom. The van der Waals surface area contributed by atoms with Crippen LogP contribution < -0.4 is 5.73 Å². The number of hydrogen-bond donors (Lipinski definition) is 1. The Hall–Kier alpha value is -2.72.